The Morgan fingerprint density at radius 2 is 1.58 bits per heavy atom. The van der Waals surface area contributed by atoms with Crippen LogP contribution >= 0.6 is 0 Å². The first-order valence-electron chi connectivity index (χ1n) is 12.4. The van der Waals surface area contributed by atoms with E-state index in [0.29, 0.717) is 24.7 Å². The number of ether oxygens (including phenoxy) is 2. The van der Waals surface area contributed by atoms with E-state index in [-0.39, 0.29) is 0 Å². The van der Waals surface area contributed by atoms with Crippen LogP contribution in [0.5, 0.6) is 11.5 Å². The third-order valence-corrected chi connectivity index (χ3v) is 8.33. The van der Waals surface area contributed by atoms with Gasteiger partial charge in [-0.05, 0) is 87.8 Å². The quantitative estimate of drug-likeness (QED) is 0.595. The van der Waals surface area contributed by atoms with Crippen LogP contribution in [0.15, 0.2) is 48.5 Å². The van der Waals surface area contributed by atoms with Crippen molar-refractivity contribution < 1.29 is 14.8 Å². The molecule has 31 heavy (non-hydrogen) atoms. The molecule has 166 valence electrons. The van der Waals surface area contributed by atoms with E-state index in [1.54, 1.807) is 0 Å². The highest BCUT2D eigenvalue weighted by atomic mass is 16.5. The van der Waals surface area contributed by atoms with Crippen LogP contribution in [0.2, 0.25) is 0 Å². The van der Waals surface area contributed by atoms with Crippen LogP contribution in [-0.2, 0) is 13.2 Å². The predicted molar refractivity (Wildman–Crippen MR) is 124 cm³/mol. The molecule has 0 aliphatic heterocycles. The molecule has 0 unspecified atom stereocenters. The second-order valence-electron chi connectivity index (χ2n) is 10.5. The molecule has 6 rings (SSSR count). The van der Waals surface area contributed by atoms with Crippen molar-refractivity contribution >= 4 is 0 Å². The normalized spacial score (nSPS) is 29.7. The Balaban J connectivity index is 1.30. The first kappa shape index (κ1) is 20.9. The molecule has 3 nitrogen and oxygen atoms in total. The van der Waals surface area contributed by atoms with Gasteiger partial charge >= 0.3 is 0 Å². The van der Waals surface area contributed by atoms with E-state index >= 15 is 0 Å². The van der Waals surface area contributed by atoms with Gasteiger partial charge in [0.15, 0.2) is 11.5 Å². The van der Waals surface area contributed by atoms with Crippen molar-refractivity contribution in [3.05, 3.63) is 59.7 Å². The topological polar surface area (TPSA) is 35.1 Å². The van der Waals surface area contributed by atoms with Gasteiger partial charge in [-0.1, -0.05) is 36.4 Å². The molecular formula is C28H38NO2+. The van der Waals surface area contributed by atoms with Crippen LogP contribution in [0.1, 0.15) is 63.5 Å². The Hall–Kier alpha value is -2.00. The Morgan fingerprint density at radius 3 is 2.23 bits per heavy atom. The number of benzene rings is 2. The van der Waals surface area contributed by atoms with E-state index in [0.717, 1.165) is 35.8 Å². The van der Waals surface area contributed by atoms with Crippen LogP contribution in [-0.4, -0.2) is 12.6 Å². The lowest BCUT2D eigenvalue weighted by atomic mass is 9.48. The van der Waals surface area contributed by atoms with Crippen LogP contribution in [0.3, 0.4) is 0 Å². The molecule has 2 N–H and O–H groups in total. The third kappa shape index (κ3) is 4.35. The average molecular weight is 421 g/mol. The standard InChI is InChI=1S/C28H37NO2/c1-3-30-26-11-7-10-25(27(26)31-19-21-8-5-4-6-9-21)18-29-20(2)28-15-22-12-23(16-28)14-24(13-22)17-28/h4-11,20,22-24,29H,3,12-19H2,1-2H3/p+1/t20-,22?,23?,24?,28?/m1/s1. The number of rotatable bonds is 9. The fourth-order valence-electron chi connectivity index (χ4n) is 7.17. The van der Waals surface area contributed by atoms with Gasteiger partial charge in [-0.25, -0.2) is 0 Å². The summed E-state index contributed by atoms with van der Waals surface area (Å²) in [4.78, 5) is 0. The van der Waals surface area contributed by atoms with Gasteiger partial charge in [-0.2, -0.15) is 0 Å². The van der Waals surface area contributed by atoms with Gasteiger partial charge in [0.05, 0.1) is 18.2 Å². The Morgan fingerprint density at radius 1 is 0.903 bits per heavy atom. The summed E-state index contributed by atoms with van der Waals surface area (Å²) < 4.78 is 12.3. The van der Waals surface area contributed by atoms with Crippen molar-refractivity contribution in [1.82, 2.24) is 0 Å². The van der Waals surface area contributed by atoms with Gasteiger partial charge < -0.3 is 14.8 Å². The zero-order valence-corrected chi connectivity index (χ0v) is 19.2. The summed E-state index contributed by atoms with van der Waals surface area (Å²) in [6.45, 7) is 6.70. The van der Waals surface area contributed by atoms with Crippen LogP contribution in [0.4, 0.5) is 0 Å². The molecule has 1 atom stereocenters. The van der Waals surface area contributed by atoms with Crippen molar-refractivity contribution in [2.45, 2.75) is 71.6 Å². The Kier molecular flexibility index (Phi) is 5.97. The molecule has 0 spiro atoms. The lowest BCUT2D eigenvalue weighted by molar-refractivity contribution is -0.717. The zero-order valence-electron chi connectivity index (χ0n) is 19.2. The highest BCUT2D eigenvalue weighted by Crippen LogP contribution is 2.60. The van der Waals surface area contributed by atoms with Crippen molar-refractivity contribution in [3.8, 4) is 11.5 Å². The second kappa shape index (κ2) is 8.86. The minimum atomic E-state index is 0.567. The molecule has 4 aliphatic carbocycles. The molecule has 0 amide bonds. The van der Waals surface area contributed by atoms with E-state index in [4.69, 9.17) is 9.47 Å². The fourth-order valence-corrected chi connectivity index (χ4v) is 7.17. The smallest absolute Gasteiger partial charge is 0.170 e. The summed E-state index contributed by atoms with van der Waals surface area (Å²) in [5, 5.41) is 2.59. The summed E-state index contributed by atoms with van der Waals surface area (Å²) in [5.41, 5.74) is 3.00. The van der Waals surface area contributed by atoms with Crippen molar-refractivity contribution in [2.75, 3.05) is 6.61 Å². The largest absolute Gasteiger partial charge is 0.490 e. The van der Waals surface area contributed by atoms with Gasteiger partial charge in [0.1, 0.15) is 13.2 Å². The van der Waals surface area contributed by atoms with Crippen LogP contribution < -0.4 is 14.8 Å². The molecule has 4 aliphatic rings. The summed E-state index contributed by atoms with van der Waals surface area (Å²) in [5.74, 6) is 4.81. The van der Waals surface area contributed by atoms with Gasteiger partial charge in [-0.15, -0.1) is 0 Å². The lowest BCUT2D eigenvalue weighted by Crippen LogP contribution is -2.91. The first-order valence-corrected chi connectivity index (χ1v) is 12.4. The molecule has 0 saturated heterocycles. The van der Waals surface area contributed by atoms with Gasteiger partial charge in [0.25, 0.3) is 0 Å². The van der Waals surface area contributed by atoms with E-state index in [2.05, 4.69) is 48.6 Å². The molecule has 4 saturated carbocycles. The first-order chi connectivity index (χ1) is 15.1. The Labute approximate surface area is 187 Å². The number of para-hydroxylation sites is 1. The summed E-state index contributed by atoms with van der Waals surface area (Å²) >= 11 is 0. The van der Waals surface area contributed by atoms with Gasteiger partial charge in [-0.3, -0.25) is 0 Å². The number of hydrogen-bond acceptors (Lipinski definition) is 2. The average Bonchev–Trinajstić information content (AvgIpc) is 2.77. The molecular weight excluding hydrogens is 382 g/mol. The maximum atomic E-state index is 6.34. The van der Waals surface area contributed by atoms with Gasteiger partial charge in [0.2, 0.25) is 0 Å². The van der Waals surface area contributed by atoms with Crippen molar-refractivity contribution in [3.63, 3.8) is 0 Å². The monoisotopic (exact) mass is 420 g/mol. The van der Waals surface area contributed by atoms with Crippen molar-refractivity contribution in [2.24, 2.45) is 23.2 Å². The highest BCUT2D eigenvalue weighted by molar-refractivity contribution is 5.46. The molecule has 0 aromatic heterocycles. The summed E-state index contributed by atoms with van der Waals surface area (Å²) in [6, 6.07) is 17.4. The van der Waals surface area contributed by atoms with Crippen molar-refractivity contribution in [1.29, 1.82) is 0 Å². The van der Waals surface area contributed by atoms with Crippen LogP contribution in [0, 0.1) is 23.2 Å². The molecule has 4 bridgehead atoms. The maximum absolute atomic E-state index is 6.34. The van der Waals surface area contributed by atoms with E-state index in [1.165, 1.54) is 49.7 Å². The molecule has 0 heterocycles. The van der Waals surface area contributed by atoms with Gasteiger partial charge in [0, 0.05) is 5.41 Å². The highest BCUT2D eigenvalue weighted by Gasteiger charge is 2.54. The molecule has 3 heteroatoms. The minimum absolute atomic E-state index is 0.567. The van der Waals surface area contributed by atoms with E-state index < -0.39 is 0 Å². The van der Waals surface area contributed by atoms with E-state index in [9.17, 15) is 0 Å². The molecule has 2 aromatic carbocycles. The van der Waals surface area contributed by atoms with E-state index in [1.807, 2.05) is 19.1 Å². The second-order valence-corrected chi connectivity index (χ2v) is 10.5. The molecule has 2 aromatic rings. The molecule has 0 radical (unpaired) electrons. The lowest BCUT2D eigenvalue weighted by Gasteiger charge is -2.57. The number of nitrogens with two attached hydrogens (primary N) is 1. The predicted octanol–water partition coefficient (Wildman–Crippen LogP) is 5.33. The minimum Gasteiger partial charge on any atom is -0.490 e. The fraction of sp³-hybridized carbons (Fsp3) is 0.571. The number of hydrogen-bond donors (Lipinski definition) is 1. The van der Waals surface area contributed by atoms with Crippen LogP contribution in [0.25, 0.3) is 0 Å². The maximum Gasteiger partial charge on any atom is 0.170 e. The molecule has 4 fully saturated rings. The zero-order chi connectivity index (χ0) is 21.3. The Bertz CT molecular complexity index is 843. The summed E-state index contributed by atoms with van der Waals surface area (Å²) in [7, 11) is 0. The summed E-state index contributed by atoms with van der Waals surface area (Å²) in [6.07, 6.45) is 8.94. The number of quaternary nitrogens is 1. The SMILES string of the molecule is CCOc1cccc(C[NH2+][C@H](C)C23CC4CC(CC(C4)C2)C3)c1OCc1ccccc1. The third-order valence-electron chi connectivity index (χ3n) is 8.33.